The molecule has 7 fully saturated rings. The summed E-state index contributed by atoms with van der Waals surface area (Å²) in [5.41, 5.74) is -8.01. The molecule has 5 heterocycles. The van der Waals surface area contributed by atoms with Gasteiger partial charge in [-0.15, -0.1) is 0 Å². The van der Waals surface area contributed by atoms with Crippen molar-refractivity contribution >= 4 is 11.9 Å². The van der Waals surface area contributed by atoms with Gasteiger partial charge in [0.15, 0.2) is 5.60 Å². The first-order valence-electron chi connectivity index (χ1n) is 16.1. The number of hydrogen-bond donors (Lipinski definition) is 3. The van der Waals surface area contributed by atoms with E-state index in [9.17, 15) is 24.9 Å². The van der Waals surface area contributed by atoms with Crippen molar-refractivity contribution in [2.75, 3.05) is 27.4 Å². The van der Waals surface area contributed by atoms with E-state index in [2.05, 4.69) is 0 Å². The van der Waals surface area contributed by atoms with Gasteiger partial charge in [-0.3, -0.25) is 0 Å². The number of allylic oxidation sites excluding steroid dienone is 1. The van der Waals surface area contributed by atoms with Crippen LogP contribution in [0, 0.1) is 34.0 Å². The second kappa shape index (κ2) is 9.12. The summed E-state index contributed by atoms with van der Waals surface area (Å²) in [6.07, 6.45) is -0.620. The van der Waals surface area contributed by atoms with Gasteiger partial charge in [0.2, 0.25) is 6.29 Å². The van der Waals surface area contributed by atoms with Crippen LogP contribution in [0.5, 0.6) is 0 Å². The molecular weight excluding hydrogens is 604 g/mol. The van der Waals surface area contributed by atoms with E-state index in [0.29, 0.717) is 5.57 Å². The Bertz CT molecular complexity index is 1450. The Hall–Kier alpha value is -2.10. The van der Waals surface area contributed by atoms with E-state index in [1.54, 1.807) is 26.8 Å². The maximum atomic E-state index is 13.9. The van der Waals surface area contributed by atoms with Crippen molar-refractivity contribution in [2.24, 2.45) is 34.0 Å². The van der Waals surface area contributed by atoms with Crippen molar-refractivity contribution in [3.05, 3.63) is 24.0 Å². The van der Waals surface area contributed by atoms with Gasteiger partial charge in [-0.05, 0) is 33.3 Å². The molecule has 5 aliphatic heterocycles. The van der Waals surface area contributed by atoms with Crippen molar-refractivity contribution in [1.29, 1.82) is 0 Å². The van der Waals surface area contributed by atoms with Gasteiger partial charge in [0.05, 0.1) is 51.0 Å². The van der Waals surface area contributed by atoms with Crippen LogP contribution >= 0.6 is 0 Å². The van der Waals surface area contributed by atoms with Crippen LogP contribution in [0.2, 0.25) is 0 Å². The number of carbonyl (C=O) groups is 2. The maximum absolute atomic E-state index is 13.9. The number of esters is 2. The molecule has 3 aliphatic carbocycles. The molecule has 8 aliphatic rings. The summed E-state index contributed by atoms with van der Waals surface area (Å²) in [6, 6.07) is 0. The van der Waals surface area contributed by atoms with Crippen molar-refractivity contribution in [2.45, 2.75) is 107 Å². The fourth-order valence-corrected chi connectivity index (χ4v) is 12.0. The second-order valence-electron chi connectivity index (χ2n) is 15.3. The third-order valence-electron chi connectivity index (χ3n) is 14.0. The van der Waals surface area contributed by atoms with E-state index in [0.717, 1.165) is 0 Å². The monoisotopic (exact) mass is 648 g/mol. The molecule has 8 rings (SSSR count). The lowest BCUT2D eigenvalue weighted by atomic mass is 9.37. The minimum Gasteiger partial charge on any atom is -0.469 e. The Kier molecular flexibility index (Phi) is 6.18. The zero-order valence-corrected chi connectivity index (χ0v) is 27.2. The Morgan fingerprint density at radius 3 is 2.50 bits per heavy atom. The maximum Gasteiger partial charge on any atom is 0.366 e. The first-order chi connectivity index (χ1) is 21.6. The van der Waals surface area contributed by atoms with Crippen LogP contribution in [0.3, 0.4) is 0 Å². The molecule has 16 atom stereocenters. The molecule has 2 bridgehead atoms. The summed E-state index contributed by atoms with van der Waals surface area (Å²) in [4.78, 5) is 27.0. The van der Waals surface area contributed by atoms with Crippen molar-refractivity contribution in [3.63, 3.8) is 0 Å². The van der Waals surface area contributed by atoms with E-state index >= 15 is 0 Å². The highest BCUT2D eigenvalue weighted by molar-refractivity contribution is 5.87. The van der Waals surface area contributed by atoms with Gasteiger partial charge < -0.3 is 53.2 Å². The van der Waals surface area contributed by atoms with Gasteiger partial charge in [0, 0.05) is 53.1 Å². The Labute approximate surface area is 267 Å². The topological polar surface area (TPSA) is 169 Å². The van der Waals surface area contributed by atoms with Crippen LogP contribution in [-0.4, -0.2) is 114 Å². The number of methoxy groups -OCH3 is 2. The minimum atomic E-state index is -2.06. The highest BCUT2D eigenvalue weighted by Gasteiger charge is 2.93. The quantitative estimate of drug-likeness (QED) is 0.289. The second-order valence-corrected chi connectivity index (χ2v) is 15.3. The summed E-state index contributed by atoms with van der Waals surface area (Å²) in [7, 11) is 2.58. The predicted octanol–water partition coefficient (Wildman–Crippen LogP) is 0.727. The molecule has 4 saturated heterocycles. The molecule has 1 unspecified atom stereocenters. The van der Waals surface area contributed by atoms with Gasteiger partial charge in [-0.25, -0.2) is 9.59 Å². The highest BCUT2D eigenvalue weighted by atomic mass is 16.7. The number of fused-ring (bicyclic) bond motifs is 11. The lowest BCUT2D eigenvalue weighted by molar-refractivity contribution is -0.317. The van der Waals surface area contributed by atoms with Crippen molar-refractivity contribution in [1.82, 2.24) is 0 Å². The van der Waals surface area contributed by atoms with Crippen LogP contribution in [0.1, 0.15) is 47.5 Å². The third kappa shape index (κ3) is 2.96. The molecule has 13 heteroatoms. The number of rotatable bonds is 4. The molecule has 0 aromatic rings. The molecule has 3 N–H and O–H groups in total. The molecule has 0 radical (unpaired) electrons. The zero-order chi connectivity index (χ0) is 33.0. The largest absolute Gasteiger partial charge is 0.469 e. The van der Waals surface area contributed by atoms with Crippen LogP contribution < -0.4 is 0 Å². The van der Waals surface area contributed by atoms with Crippen molar-refractivity contribution < 1.29 is 62.8 Å². The first-order valence-corrected chi connectivity index (χ1v) is 16.1. The molecule has 254 valence electrons. The number of carbonyl (C=O) groups excluding carboxylic acids is 2. The third-order valence-corrected chi connectivity index (χ3v) is 14.0. The smallest absolute Gasteiger partial charge is 0.366 e. The predicted molar refractivity (Wildman–Crippen MR) is 153 cm³/mol. The SMILES string of the molecule is C/C=C(\C)C(=O)O[C@@H]1C[C@H](O)[C@]23COC(OC)(C(=O)OC)[C@H]2[C@@]2(C)[C@H](O[C@]4(C)[C@H]5C[C@H](O[C@@H]6OC=C[C@@]65O)[C@]24O)[C@@H]2OC[C@@]1(C)[C@H]23. The van der Waals surface area contributed by atoms with Gasteiger partial charge in [0.25, 0.3) is 5.79 Å². The van der Waals surface area contributed by atoms with E-state index < -0.39 is 105 Å². The summed E-state index contributed by atoms with van der Waals surface area (Å²) in [6.45, 7) is 9.02. The van der Waals surface area contributed by atoms with Crippen LogP contribution in [-0.2, 0) is 47.5 Å². The van der Waals surface area contributed by atoms with Gasteiger partial charge in [-0.1, -0.05) is 19.9 Å². The van der Waals surface area contributed by atoms with E-state index in [4.69, 9.17) is 37.9 Å². The lowest BCUT2D eigenvalue weighted by Gasteiger charge is -2.66. The van der Waals surface area contributed by atoms with Crippen LogP contribution in [0.15, 0.2) is 24.0 Å². The normalized spacial score (nSPS) is 58.8. The summed E-state index contributed by atoms with van der Waals surface area (Å²) < 4.78 is 49.7. The minimum absolute atomic E-state index is 0.0347. The van der Waals surface area contributed by atoms with Gasteiger partial charge in [-0.2, -0.15) is 0 Å². The Balaban J connectivity index is 1.35. The fourth-order valence-electron chi connectivity index (χ4n) is 12.0. The average Bonchev–Trinajstić information content (AvgIpc) is 3.79. The van der Waals surface area contributed by atoms with Crippen molar-refractivity contribution in [3.8, 4) is 0 Å². The lowest BCUT2D eigenvalue weighted by Crippen LogP contribution is -2.78. The van der Waals surface area contributed by atoms with Gasteiger partial charge in [0.1, 0.15) is 17.3 Å². The molecule has 3 saturated carbocycles. The van der Waals surface area contributed by atoms with E-state index in [-0.39, 0.29) is 26.1 Å². The molecular formula is C33H44O13. The molecule has 0 aromatic heterocycles. The van der Waals surface area contributed by atoms with Gasteiger partial charge >= 0.3 is 11.9 Å². The van der Waals surface area contributed by atoms with E-state index in [1.165, 1.54) is 26.6 Å². The number of hydrogen-bond acceptors (Lipinski definition) is 13. The standard InChI is InChI=1S/C33H44O13/c1-8-15(2)23(35)44-18-12-17(34)30-14-43-32(40-7,25(36)39-6)24(30)28(4)22(20-21(30)27(18,3)13-42-20)46-29(5)16-11-19(33(28,29)38)45-26-31(16,37)9-10-41-26/h8-10,16-22,24,26,34,37-38H,11-14H2,1-7H3/b15-8+/t16-,17+,18-,19+,20-,21+,22-,24+,26+,27-,28-,29-,30+,31+,32?,33+/m1/s1. The Morgan fingerprint density at radius 1 is 1.09 bits per heavy atom. The highest BCUT2D eigenvalue weighted by Crippen LogP contribution is 2.80. The Morgan fingerprint density at radius 2 is 1.83 bits per heavy atom. The number of aliphatic hydroxyl groups excluding tert-OH is 1. The summed E-state index contributed by atoms with van der Waals surface area (Å²) in [5.74, 6) is -5.68. The van der Waals surface area contributed by atoms with Crippen LogP contribution in [0.4, 0.5) is 0 Å². The first kappa shape index (κ1) is 31.2. The molecule has 0 amide bonds. The average molecular weight is 649 g/mol. The number of aliphatic hydroxyl groups is 3. The molecule has 46 heavy (non-hydrogen) atoms. The number of ether oxygens (including phenoxy) is 8. The summed E-state index contributed by atoms with van der Waals surface area (Å²) in [5, 5.41) is 37.8. The van der Waals surface area contributed by atoms with Crippen LogP contribution in [0.25, 0.3) is 0 Å². The molecule has 13 nitrogen and oxygen atoms in total. The van der Waals surface area contributed by atoms with E-state index in [1.807, 2.05) is 13.8 Å². The fraction of sp³-hybridized carbons (Fsp3) is 0.818. The molecule has 0 aromatic carbocycles. The summed E-state index contributed by atoms with van der Waals surface area (Å²) >= 11 is 0. The molecule has 1 spiro atoms. The zero-order valence-electron chi connectivity index (χ0n) is 27.2.